The second-order valence-electron chi connectivity index (χ2n) is 14.7. The minimum atomic E-state index is -0.916. The number of amides is 3. The number of hydrogen-bond donors (Lipinski definition) is 2. The molecule has 0 radical (unpaired) electrons. The highest BCUT2D eigenvalue weighted by molar-refractivity contribution is 5.97. The molecule has 4 aromatic carbocycles. The number of carboxylic acids is 1. The van der Waals surface area contributed by atoms with Crippen LogP contribution in [-0.2, 0) is 57.8 Å². The first-order valence-corrected chi connectivity index (χ1v) is 19.3. The number of primary amides is 1. The minimum Gasteiger partial charge on any atom is -0.480 e. The summed E-state index contributed by atoms with van der Waals surface area (Å²) in [6.07, 6.45) is 3.55. The van der Waals surface area contributed by atoms with Crippen molar-refractivity contribution in [1.29, 1.82) is 0 Å². The number of carbonyl (C=O) groups excluding carboxylic acids is 3. The quantitative estimate of drug-likeness (QED) is 0.171. The van der Waals surface area contributed by atoms with Gasteiger partial charge in [0, 0.05) is 36.1 Å². The van der Waals surface area contributed by atoms with Crippen LogP contribution in [0, 0.1) is 0 Å². The van der Waals surface area contributed by atoms with E-state index in [4.69, 9.17) is 25.2 Å². The minimum absolute atomic E-state index is 0.0253. The molecule has 0 saturated heterocycles. The van der Waals surface area contributed by atoms with Gasteiger partial charge in [-0.2, -0.15) is 0 Å². The van der Waals surface area contributed by atoms with E-state index in [0.29, 0.717) is 18.7 Å². The number of nitrogens with zero attached hydrogens (tertiary/aromatic N) is 6. The zero-order valence-corrected chi connectivity index (χ0v) is 33.1. The molecule has 2 aromatic heterocycles. The topological polar surface area (TPSA) is 175 Å². The Bertz CT molecular complexity index is 2320. The third-order valence-electron chi connectivity index (χ3n) is 10.9. The standard InChI is InChI=1S/C22H24N4O3.C22H23N3O4/c1-14-8-9-16-17(26(14)22(28)29-2)10-11-18-21(16)24-20(25(18)13-19(23)27)12-15-6-4-3-5-7-15;1-14-8-9-16-17(25(14)22(28)29-2)10-11-18-21(16)23-19(24(18)13-20(26)27)12-15-6-4-3-5-7-15/h3-7,10-11,14H,8-9,12-13H2,1-2H3,(H2,23,27);3-7,10-11,14H,8-9,12-13H2,1-2H3,(H,26,27)/t2*14-/m00/s1. The van der Waals surface area contributed by atoms with Crippen LogP contribution in [0.5, 0.6) is 0 Å². The van der Waals surface area contributed by atoms with E-state index in [9.17, 15) is 24.3 Å². The fourth-order valence-corrected chi connectivity index (χ4v) is 8.18. The Hall–Kier alpha value is -6.70. The Kier molecular flexibility index (Phi) is 11.5. The van der Waals surface area contributed by atoms with Gasteiger partial charge in [-0.25, -0.2) is 19.6 Å². The summed E-state index contributed by atoms with van der Waals surface area (Å²) in [5.41, 5.74) is 14.5. The van der Waals surface area contributed by atoms with Crippen LogP contribution in [0.2, 0.25) is 0 Å². The highest BCUT2D eigenvalue weighted by Crippen LogP contribution is 2.38. The van der Waals surface area contributed by atoms with Gasteiger partial charge in [-0.1, -0.05) is 60.7 Å². The summed E-state index contributed by atoms with van der Waals surface area (Å²) in [5.74, 6) is 0.147. The van der Waals surface area contributed by atoms with E-state index in [1.54, 1.807) is 14.4 Å². The van der Waals surface area contributed by atoms with Crippen molar-refractivity contribution in [3.05, 3.63) is 119 Å². The van der Waals surface area contributed by atoms with Crippen molar-refractivity contribution in [3.8, 4) is 0 Å². The van der Waals surface area contributed by atoms with E-state index >= 15 is 0 Å². The zero-order valence-electron chi connectivity index (χ0n) is 33.1. The monoisotopic (exact) mass is 785 g/mol. The molecule has 0 saturated carbocycles. The number of aromatic nitrogens is 4. The molecule has 58 heavy (non-hydrogen) atoms. The van der Waals surface area contributed by atoms with Crippen LogP contribution in [-0.4, -0.2) is 74.6 Å². The molecule has 14 nitrogen and oxygen atoms in total. The van der Waals surface area contributed by atoms with Gasteiger partial charge in [-0.15, -0.1) is 0 Å². The fraction of sp³-hybridized carbons (Fsp3) is 0.318. The van der Waals surface area contributed by atoms with Crippen molar-refractivity contribution in [2.45, 2.75) is 77.5 Å². The van der Waals surface area contributed by atoms with E-state index in [-0.39, 0.29) is 31.3 Å². The van der Waals surface area contributed by atoms with E-state index in [0.717, 1.165) is 87.2 Å². The first kappa shape index (κ1) is 39.5. The molecule has 0 fully saturated rings. The highest BCUT2D eigenvalue weighted by atomic mass is 16.5. The average Bonchev–Trinajstić information content (AvgIpc) is 3.73. The molecule has 4 heterocycles. The number of rotatable bonds is 8. The normalized spacial score (nSPS) is 15.9. The summed E-state index contributed by atoms with van der Waals surface area (Å²) < 4.78 is 13.6. The lowest BCUT2D eigenvalue weighted by Gasteiger charge is -2.34. The van der Waals surface area contributed by atoms with Crippen LogP contribution >= 0.6 is 0 Å². The first-order valence-electron chi connectivity index (χ1n) is 19.3. The smallest absolute Gasteiger partial charge is 0.414 e. The Morgan fingerprint density at radius 2 is 1.07 bits per heavy atom. The molecule has 0 unspecified atom stereocenters. The van der Waals surface area contributed by atoms with Crippen LogP contribution in [0.3, 0.4) is 0 Å². The second kappa shape index (κ2) is 16.8. The maximum absolute atomic E-state index is 12.4. The molecule has 14 heteroatoms. The summed E-state index contributed by atoms with van der Waals surface area (Å²) in [6, 6.07) is 27.5. The van der Waals surface area contributed by atoms with Gasteiger partial charge >= 0.3 is 18.2 Å². The number of aliphatic carboxylic acids is 1. The van der Waals surface area contributed by atoms with E-state index in [2.05, 4.69) is 0 Å². The van der Waals surface area contributed by atoms with Crippen LogP contribution in [0.15, 0.2) is 84.9 Å². The van der Waals surface area contributed by atoms with Gasteiger partial charge in [0.1, 0.15) is 24.7 Å². The van der Waals surface area contributed by atoms with Gasteiger partial charge in [0.05, 0.1) is 47.7 Å². The van der Waals surface area contributed by atoms with Crippen molar-refractivity contribution in [2.24, 2.45) is 5.73 Å². The number of carboxylic acid groups (broad SMARTS) is 1. The third kappa shape index (κ3) is 7.82. The molecule has 8 rings (SSSR count). The SMILES string of the molecule is COC(=O)N1c2ccc3c(nc(Cc4ccccc4)n3CC(=O)O)c2CC[C@@H]1C.COC(=O)N1c2ccc3c(nc(Cc4ccccc4)n3CC(N)=O)c2CC[C@@H]1C. The molecule has 3 N–H and O–H groups in total. The number of methoxy groups -OCH3 is 2. The molecule has 2 aliphatic heterocycles. The lowest BCUT2D eigenvalue weighted by atomic mass is 9.96. The van der Waals surface area contributed by atoms with Gasteiger partial charge in [0.15, 0.2) is 0 Å². The third-order valence-corrected chi connectivity index (χ3v) is 10.9. The molecule has 2 aliphatic rings. The molecule has 6 aromatic rings. The van der Waals surface area contributed by atoms with E-state index < -0.39 is 18.0 Å². The fourth-order valence-electron chi connectivity index (χ4n) is 8.18. The Balaban J connectivity index is 0.000000177. The van der Waals surface area contributed by atoms with Gasteiger partial charge in [-0.05, 0) is 74.9 Å². The number of benzene rings is 4. The number of nitrogens with two attached hydrogens (primary N) is 1. The zero-order chi connectivity index (χ0) is 41.1. The van der Waals surface area contributed by atoms with Crippen molar-refractivity contribution in [1.82, 2.24) is 19.1 Å². The maximum atomic E-state index is 12.4. The second-order valence-corrected chi connectivity index (χ2v) is 14.7. The first-order chi connectivity index (χ1) is 28.0. The van der Waals surface area contributed by atoms with Gasteiger partial charge in [-0.3, -0.25) is 19.4 Å². The lowest BCUT2D eigenvalue weighted by Crippen LogP contribution is -2.42. The van der Waals surface area contributed by atoms with Crippen LogP contribution in [0.1, 0.15) is 60.6 Å². The van der Waals surface area contributed by atoms with Crippen LogP contribution in [0.25, 0.3) is 22.1 Å². The number of fused-ring (bicyclic) bond motifs is 6. The van der Waals surface area contributed by atoms with Crippen molar-refractivity contribution in [2.75, 3.05) is 24.0 Å². The molecule has 0 bridgehead atoms. The lowest BCUT2D eigenvalue weighted by molar-refractivity contribution is -0.137. The summed E-state index contributed by atoms with van der Waals surface area (Å²) in [6.45, 7) is 3.91. The number of carbonyl (C=O) groups is 4. The largest absolute Gasteiger partial charge is 0.480 e. The molecular formula is C44H47N7O7. The number of anilines is 2. The molecule has 2 atom stereocenters. The molecule has 300 valence electrons. The predicted octanol–water partition coefficient (Wildman–Crippen LogP) is 6.64. The van der Waals surface area contributed by atoms with Crippen molar-refractivity contribution < 1.29 is 33.8 Å². The Morgan fingerprint density at radius 3 is 1.45 bits per heavy atom. The van der Waals surface area contributed by atoms with Crippen molar-refractivity contribution in [3.63, 3.8) is 0 Å². The summed E-state index contributed by atoms with van der Waals surface area (Å²) >= 11 is 0. The van der Waals surface area contributed by atoms with Gasteiger partial charge < -0.3 is 29.4 Å². The average molecular weight is 786 g/mol. The van der Waals surface area contributed by atoms with Gasteiger partial charge in [0.2, 0.25) is 5.91 Å². The summed E-state index contributed by atoms with van der Waals surface area (Å²) in [5, 5.41) is 9.44. The highest BCUT2D eigenvalue weighted by Gasteiger charge is 2.33. The summed E-state index contributed by atoms with van der Waals surface area (Å²) in [7, 11) is 2.77. The molecule has 0 spiro atoms. The number of aryl methyl sites for hydroxylation is 2. The molecule has 3 amide bonds. The van der Waals surface area contributed by atoms with Crippen molar-refractivity contribution >= 4 is 57.5 Å². The Morgan fingerprint density at radius 1 is 0.655 bits per heavy atom. The number of hydrogen-bond acceptors (Lipinski definition) is 8. The molecule has 0 aliphatic carbocycles. The predicted molar refractivity (Wildman–Crippen MR) is 220 cm³/mol. The summed E-state index contributed by atoms with van der Waals surface area (Å²) in [4.78, 5) is 61.0. The van der Waals surface area contributed by atoms with E-state index in [1.807, 2.05) is 103 Å². The number of ether oxygens (including phenoxy) is 2. The van der Waals surface area contributed by atoms with Crippen LogP contribution in [0.4, 0.5) is 21.0 Å². The van der Waals surface area contributed by atoms with Crippen LogP contribution < -0.4 is 15.5 Å². The van der Waals surface area contributed by atoms with Gasteiger partial charge in [0.25, 0.3) is 0 Å². The Labute approximate surface area is 335 Å². The number of imidazole rings is 2. The molecular weight excluding hydrogens is 739 g/mol. The van der Waals surface area contributed by atoms with E-state index in [1.165, 1.54) is 14.2 Å². The maximum Gasteiger partial charge on any atom is 0.414 e.